The molecule has 2 amide bonds. The number of benzene rings is 1. The van der Waals surface area contributed by atoms with Gasteiger partial charge < -0.3 is 15.4 Å². The molecule has 1 rings (SSSR count). The van der Waals surface area contributed by atoms with Gasteiger partial charge in [-0.2, -0.15) is 0 Å². The lowest BCUT2D eigenvalue weighted by atomic mass is 10.1. The molecule has 0 aliphatic carbocycles. The maximum Gasteiger partial charge on any atom is 0.338 e. The molecular weight excluding hydrogens is 284 g/mol. The number of rotatable bonds is 5. The zero-order valence-electron chi connectivity index (χ0n) is 13.4. The van der Waals surface area contributed by atoms with E-state index in [0.29, 0.717) is 12.1 Å². The van der Waals surface area contributed by atoms with Gasteiger partial charge in [0.25, 0.3) is 5.91 Å². The number of amides is 2. The van der Waals surface area contributed by atoms with Gasteiger partial charge in [-0.3, -0.25) is 9.59 Å². The Bertz CT molecular complexity index is 544. The molecule has 1 aromatic rings. The first-order valence-corrected chi connectivity index (χ1v) is 6.99. The van der Waals surface area contributed by atoms with E-state index >= 15 is 0 Å². The van der Waals surface area contributed by atoms with Crippen molar-refractivity contribution in [3.8, 4) is 0 Å². The Morgan fingerprint density at radius 2 is 1.68 bits per heavy atom. The highest BCUT2D eigenvalue weighted by atomic mass is 16.5. The van der Waals surface area contributed by atoms with E-state index in [2.05, 4.69) is 10.6 Å². The molecule has 1 aromatic carbocycles. The van der Waals surface area contributed by atoms with Gasteiger partial charge in [-0.05, 0) is 38.5 Å². The molecule has 0 heterocycles. The van der Waals surface area contributed by atoms with E-state index in [1.165, 1.54) is 6.92 Å². The second-order valence-electron chi connectivity index (χ2n) is 5.98. The van der Waals surface area contributed by atoms with Crippen LogP contribution in [0.25, 0.3) is 0 Å². The molecule has 0 aromatic heterocycles. The van der Waals surface area contributed by atoms with Gasteiger partial charge in [0.15, 0.2) is 6.61 Å². The minimum Gasteiger partial charge on any atom is -0.452 e. The molecule has 0 saturated carbocycles. The molecule has 0 unspecified atom stereocenters. The SMILES string of the molecule is CC(=O)NCc1ccc(C(=O)OCC(=O)NC(C)(C)C)cc1. The first kappa shape index (κ1) is 17.7. The second-order valence-corrected chi connectivity index (χ2v) is 5.98. The van der Waals surface area contributed by atoms with Gasteiger partial charge in [0, 0.05) is 19.0 Å². The predicted molar refractivity (Wildman–Crippen MR) is 82.1 cm³/mol. The topological polar surface area (TPSA) is 84.5 Å². The van der Waals surface area contributed by atoms with Crippen molar-refractivity contribution in [2.24, 2.45) is 0 Å². The standard InChI is InChI=1S/C16H22N2O4/c1-11(19)17-9-12-5-7-13(8-6-12)15(21)22-10-14(20)18-16(2,3)4/h5-8H,9-10H2,1-4H3,(H,17,19)(H,18,20). The van der Waals surface area contributed by atoms with Crippen LogP contribution < -0.4 is 10.6 Å². The Morgan fingerprint density at radius 3 is 2.18 bits per heavy atom. The average Bonchev–Trinajstić information content (AvgIpc) is 2.41. The van der Waals surface area contributed by atoms with Crippen molar-refractivity contribution in [3.05, 3.63) is 35.4 Å². The Labute approximate surface area is 130 Å². The minimum atomic E-state index is -0.560. The highest BCUT2D eigenvalue weighted by molar-refractivity contribution is 5.91. The van der Waals surface area contributed by atoms with Crippen LogP contribution in [-0.2, 0) is 20.9 Å². The number of ether oxygens (including phenoxy) is 1. The highest BCUT2D eigenvalue weighted by Gasteiger charge is 2.15. The van der Waals surface area contributed by atoms with Gasteiger partial charge in [0.05, 0.1) is 5.56 Å². The fraction of sp³-hybridized carbons (Fsp3) is 0.438. The van der Waals surface area contributed by atoms with Crippen LogP contribution in [0.15, 0.2) is 24.3 Å². The highest BCUT2D eigenvalue weighted by Crippen LogP contribution is 2.06. The molecule has 0 fully saturated rings. The van der Waals surface area contributed by atoms with Crippen molar-refractivity contribution in [3.63, 3.8) is 0 Å². The van der Waals surface area contributed by atoms with Crippen LogP contribution in [0.5, 0.6) is 0 Å². The third-order valence-electron chi connectivity index (χ3n) is 2.58. The zero-order valence-corrected chi connectivity index (χ0v) is 13.4. The number of carbonyl (C=O) groups excluding carboxylic acids is 3. The fourth-order valence-corrected chi connectivity index (χ4v) is 1.65. The monoisotopic (exact) mass is 306 g/mol. The van der Waals surface area contributed by atoms with E-state index in [1.54, 1.807) is 24.3 Å². The largest absolute Gasteiger partial charge is 0.452 e. The summed E-state index contributed by atoms with van der Waals surface area (Å²) in [5.74, 6) is -1.02. The summed E-state index contributed by atoms with van der Waals surface area (Å²) in [4.78, 5) is 34.2. The molecule has 0 aliphatic rings. The molecule has 22 heavy (non-hydrogen) atoms. The Kier molecular flexibility index (Phi) is 6.10. The molecule has 6 nitrogen and oxygen atoms in total. The fourth-order valence-electron chi connectivity index (χ4n) is 1.65. The molecule has 0 atom stereocenters. The summed E-state index contributed by atoms with van der Waals surface area (Å²) in [6, 6.07) is 6.64. The maximum atomic E-state index is 11.8. The predicted octanol–water partition coefficient (Wildman–Crippen LogP) is 1.39. The normalized spacial score (nSPS) is 10.7. The number of hydrogen-bond acceptors (Lipinski definition) is 4. The number of nitrogens with one attached hydrogen (secondary N) is 2. The Morgan fingerprint density at radius 1 is 1.09 bits per heavy atom. The van der Waals surface area contributed by atoms with Crippen molar-refractivity contribution >= 4 is 17.8 Å². The van der Waals surface area contributed by atoms with Crippen molar-refractivity contribution in [2.75, 3.05) is 6.61 Å². The molecule has 0 spiro atoms. The van der Waals surface area contributed by atoms with Crippen LogP contribution in [0.1, 0.15) is 43.6 Å². The summed E-state index contributed by atoms with van der Waals surface area (Å²) < 4.78 is 4.95. The summed E-state index contributed by atoms with van der Waals surface area (Å²) in [5.41, 5.74) is 0.863. The van der Waals surface area contributed by atoms with Gasteiger partial charge in [-0.25, -0.2) is 4.79 Å². The third kappa shape index (κ3) is 6.88. The van der Waals surface area contributed by atoms with Crippen LogP contribution in [0, 0.1) is 0 Å². The van der Waals surface area contributed by atoms with E-state index in [-0.39, 0.29) is 24.0 Å². The van der Waals surface area contributed by atoms with E-state index in [4.69, 9.17) is 4.74 Å². The van der Waals surface area contributed by atoms with Crippen molar-refractivity contribution in [1.82, 2.24) is 10.6 Å². The lowest BCUT2D eigenvalue weighted by Crippen LogP contribution is -2.42. The summed E-state index contributed by atoms with van der Waals surface area (Å²) in [6.07, 6.45) is 0. The Balaban J connectivity index is 2.49. The van der Waals surface area contributed by atoms with Gasteiger partial charge in [0.2, 0.25) is 5.91 Å². The molecule has 0 radical (unpaired) electrons. The molecule has 6 heteroatoms. The first-order chi connectivity index (χ1) is 10.2. The second kappa shape index (κ2) is 7.59. The number of esters is 1. The first-order valence-electron chi connectivity index (χ1n) is 6.99. The maximum absolute atomic E-state index is 11.8. The quantitative estimate of drug-likeness (QED) is 0.805. The molecule has 0 aliphatic heterocycles. The molecule has 0 bridgehead atoms. The Hall–Kier alpha value is -2.37. The summed E-state index contributed by atoms with van der Waals surface area (Å²) in [6.45, 7) is 7.07. The van der Waals surface area contributed by atoms with Crippen LogP contribution in [-0.4, -0.2) is 29.9 Å². The lowest BCUT2D eigenvalue weighted by molar-refractivity contribution is -0.125. The van der Waals surface area contributed by atoms with Gasteiger partial charge >= 0.3 is 5.97 Å². The van der Waals surface area contributed by atoms with E-state index in [1.807, 2.05) is 20.8 Å². The van der Waals surface area contributed by atoms with Gasteiger partial charge in [-0.1, -0.05) is 12.1 Å². The van der Waals surface area contributed by atoms with Crippen molar-refractivity contribution in [2.45, 2.75) is 39.8 Å². The lowest BCUT2D eigenvalue weighted by Gasteiger charge is -2.20. The number of hydrogen-bond donors (Lipinski definition) is 2. The van der Waals surface area contributed by atoms with Crippen LogP contribution >= 0.6 is 0 Å². The van der Waals surface area contributed by atoms with E-state index in [9.17, 15) is 14.4 Å². The summed E-state index contributed by atoms with van der Waals surface area (Å²) in [7, 11) is 0. The molecule has 0 saturated heterocycles. The van der Waals surface area contributed by atoms with Crippen molar-refractivity contribution in [1.29, 1.82) is 0 Å². The minimum absolute atomic E-state index is 0.117. The summed E-state index contributed by atoms with van der Waals surface area (Å²) >= 11 is 0. The molecular formula is C16H22N2O4. The van der Waals surface area contributed by atoms with Gasteiger partial charge in [0.1, 0.15) is 0 Å². The summed E-state index contributed by atoms with van der Waals surface area (Å²) in [5, 5.41) is 5.37. The molecule has 2 N–H and O–H groups in total. The van der Waals surface area contributed by atoms with Crippen LogP contribution in [0.4, 0.5) is 0 Å². The van der Waals surface area contributed by atoms with E-state index < -0.39 is 5.97 Å². The molecule has 120 valence electrons. The van der Waals surface area contributed by atoms with Crippen LogP contribution in [0.2, 0.25) is 0 Å². The van der Waals surface area contributed by atoms with Crippen molar-refractivity contribution < 1.29 is 19.1 Å². The van der Waals surface area contributed by atoms with E-state index in [0.717, 1.165) is 5.56 Å². The van der Waals surface area contributed by atoms with Crippen LogP contribution in [0.3, 0.4) is 0 Å². The van der Waals surface area contributed by atoms with Gasteiger partial charge in [-0.15, -0.1) is 0 Å². The number of carbonyl (C=O) groups is 3. The smallest absolute Gasteiger partial charge is 0.338 e. The average molecular weight is 306 g/mol. The zero-order chi connectivity index (χ0) is 16.8. The third-order valence-corrected chi connectivity index (χ3v) is 2.58.